The Hall–Kier alpha value is -3.05. The molecule has 0 atom stereocenters. The molecule has 0 radical (unpaired) electrons. The fraction of sp³-hybridized carbons (Fsp3) is 0.300. The van der Waals surface area contributed by atoms with Crippen LogP contribution < -0.4 is 10.1 Å². The molecular weight excluding hydrogens is 434 g/mol. The highest BCUT2D eigenvalue weighted by Gasteiger charge is 2.27. The van der Waals surface area contributed by atoms with Gasteiger partial charge >= 0.3 is 12.6 Å². The molecule has 1 heterocycles. The predicted molar refractivity (Wildman–Crippen MR) is 106 cm³/mol. The van der Waals surface area contributed by atoms with Crippen molar-refractivity contribution in [3.8, 4) is 5.75 Å². The molecular formula is C20H20F2N2O6S. The highest BCUT2D eigenvalue weighted by Crippen LogP contribution is 2.22. The van der Waals surface area contributed by atoms with E-state index < -0.39 is 35.1 Å². The van der Waals surface area contributed by atoms with E-state index in [1.165, 1.54) is 52.8 Å². The average Bonchev–Trinajstić information content (AvgIpc) is 3.29. The molecule has 1 aliphatic heterocycles. The molecule has 0 saturated carbocycles. The largest absolute Gasteiger partial charge is 0.452 e. The van der Waals surface area contributed by atoms with Gasteiger partial charge in [-0.2, -0.15) is 13.1 Å². The van der Waals surface area contributed by atoms with Gasteiger partial charge in [-0.1, -0.05) is 6.07 Å². The van der Waals surface area contributed by atoms with Gasteiger partial charge < -0.3 is 14.8 Å². The van der Waals surface area contributed by atoms with Crippen molar-refractivity contribution < 1.29 is 36.3 Å². The summed E-state index contributed by atoms with van der Waals surface area (Å²) in [6.45, 7) is -2.69. The van der Waals surface area contributed by atoms with Crippen molar-refractivity contribution in [2.24, 2.45) is 0 Å². The molecule has 2 aromatic rings. The molecule has 1 aliphatic rings. The summed E-state index contributed by atoms with van der Waals surface area (Å²) < 4.78 is 60.0. The molecule has 0 aromatic heterocycles. The lowest BCUT2D eigenvalue weighted by Crippen LogP contribution is -2.28. The van der Waals surface area contributed by atoms with Crippen LogP contribution in [0.25, 0.3) is 0 Å². The van der Waals surface area contributed by atoms with Crippen molar-refractivity contribution >= 4 is 27.6 Å². The van der Waals surface area contributed by atoms with Crippen LogP contribution in [0.15, 0.2) is 53.4 Å². The van der Waals surface area contributed by atoms with Crippen molar-refractivity contribution in [3.63, 3.8) is 0 Å². The number of carbonyl (C=O) groups is 2. The third-order valence-electron chi connectivity index (χ3n) is 4.47. The monoisotopic (exact) mass is 454 g/mol. The Morgan fingerprint density at radius 2 is 1.74 bits per heavy atom. The van der Waals surface area contributed by atoms with Gasteiger partial charge in [-0.25, -0.2) is 13.2 Å². The molecule has 0 aliphatic carbocycles. The van der Waals surface area contributed by atoms with Gasteiger partial charge in [0, 0.05) is 18.8 Å². The van der Waals surface area contributed by atoms with Gasteiger partial charge in [0.15, 0.2) is 6.61 Å². The second kappa shape index (κ2) is 9.84. The van der Waals surface area contributed by atoms with Crippen LogP contribution in [0.2, 0.25) is 0 Å². The topological polar surface area (TPSA) is 102 Å². The van der Waals surface area contributed by atoms with E-state index in [-0.39, 0.29) is 16.2 Å². The quantitative estimate of drug-likeness (QED) is 0.616. The van der Waals surface area contributed by atoms with Gasteiger partial charge in [-0.3, -0.25) is 4.79 Å². The number of sulfonamides is 1. The molecule has 8 nitrogen and oxygen atoms in total. The van der Waals surface area contributed by atoms with Crippen LogP contribution in [-0.2, 0) is 19.6 Å². The predicted octanol–water partition coefficient (Wildman–Crippen LogP) is 2.87. The molecule has 3 rings (SSSR count). The van der Waals surface area contributed by atoms with Crippen molar-refractivity contribution in [3.05, 3.63) is 54.1 Å². The zero-order chi connectivity index (χ0) is 22.4. The van der Waals surface area contributed by atoms with E-state index in [0.29, 0.717) is 18.8 Å². The number of rotatable bonds is 8. The molecule has 1 fully saturated rings. The van der Waals surface area contributed by atoms with Crippen LogP contribution in [0.5, 0.6) is 5.75 Å². The molecule has 166 valence electrons. The Labute approximate surface area is 177 Å². The molecule has 1 N–H and O–H groups in total. The summed E-state index contributed by atoms with van der Waals surface area (Å²) in [6, 6.07) is 10.6. The maximum absolute atomic E-state index is 12.6. The number of amides is 1. The highest BCUT2D eigenvalue weighted by molar-refractivity contribution is 7.89. The zero-order valence-corrected chi connectivity index (χ0v) is 17.1. The van der Waals surface area contributed by atoms with Gasteiger partial charge in [-0.15, -0.1) is 0 Å². The summed E-state index contributed by atoms with van der Waals surface area (Å²) in [7, 11) is -3.69. The number of hydrogen-bond donors (Lipinski definition) is 1. The van der Waals surface area contributed by atoms with Gasteiger partial charge in [0.2, 0.25) is 10.0 Å². The minimum Gasteiger partial charge on any atom is -0.452 e. The lowest BCUT2D eigenvalue weighted by atomic mass is 10.2. The van der Waals surface area contributed by atoms with E-state index in [0.717, 1.165) is 12.8 Å². The first kappa shape index (κ1) is 22.6. The number of esters is 1. The number of halogens is 2. The summed E-state index contributed by atoms with van der Waals surface area (Å²) in [4.78, 5) is 24.2. The molecule has 31 heavy (non-hydrogen) atoms. The van der Waals surface area contributed by atoms with E-state index in [1.807, 2.05) is 0 Å². The Kier molecular flexibility index (Phi) is 7.18. The lowest BCUT2D eigenvalue weighted by molar-refractivity contribution is -0.119. The first-order chi connectivity index (χ1) is 14.8. The fourth-order valence-corrected chi connectivity index (χ4v) is 4.56. The van der Waals surface area contributed by atoms with Crippen LogP contribution in [0, 0.1) is 0 Å². The second-order valence-electron chi connectivity index (χ2n) is 6.67. The fourth-order valence-electron chi connectivity index (χ4n) is 2.99. The third-order valence-corrected chi connectivity index (χ3v) is 6.36. The van der Waals surface area contributed by atoms with E-state index in [1.54, 1.807) is 0 Å². The van der Waals surface area contributed by atoms with Gasteiger partial charge in [0.25, 0.3) is 5.91 Å². The Bertz CT molecular complexity index is 1040. The van der Waals surface area contributed by atoms with Crippen LogP contribution in [0.1, 0.15) is 23.2 Å². The number of ether oxygens (including phenoxy) is 2. The first-order valence-corrected chi connectivity index (χ1v) is 10.8. The van der Waals surface area contributed by atoms with Crippen LogP contribution in [-0.4, -0.2) is 50.9 Å². The number of alkyl halides is 2. The smallest absolute Gasteiger partial charge is 0.387 e. The lowest BCUT2D eigenvalue weighted by Gasteiger charge is -2.15. The Morgan fingerprint density at radius 3 is 2.39 bits per heavy atom. The van der Waals surface area contributed by atoms with E-state index in [2.05, 4.69) is 10.1 Å². The average molecular weight is 454 g/mol. The van der Waals surface area contributed by atoms with Crippen molar-refractivity contribution in [2.75, 3.05) is 25.0 Å². The van der Waals surface area contributed by atoms with Crippen LogP contribution in [0.4, 0.5) is 14.5 Å². The number of nitrogens with one attached hydrogen (secondary N) is 1. The molecule has 1 amide bonds. The van der Waals surface area contributed by atoms with E-state index in [9.17, 15) is 26.8 Å². The Balaban J connectivity index is 1.56. The number of anilines is 1. The number of hydrogen-bond acceptors (Lipinski definition) is 6. The maximum Gasteiger partial charge on any atom is 0.387 e. The normalized spacial score (nSPS) is 14.4. The van der Waals surface area contributed by atoms with Crippen LogP contribution >= 0.6 is 0 Å². The number of benzene rings is 2. The summed E-state index contributed by atoms with van der Waals surface area (Å²) in [5, 5.41) is 2.44. The van der Waals surface area contributed by atoms with Gasteiger partial charge in [0.1, 0.15) is 5.75 Å². The van der Waals surface area contributed by atoms with Crippen molar-refractivity contribution in [1.82, 2.24) is 4.31 Å². The first-order valence-electron chi connectivity index (χ1n) is 9.38. The maximum atomic E-state index is 12.6. The summed E-state index contributed by atoms with van der Waals surface area (Å²) in [5.41, 5.74) is 0.294. The summed E-state index contributed by atoms with van der Waals surface area (Å²) >= 11 is 0. The van der Waals surface area contributed by atoms with E-state index in [4.69, 9.17) is 4.74 Å². The van der Waals surface area contributed by atoms with Gasteiger partial charge in [0.05, 0.1) is 10.5 Å². The summed E-state index contributed by atoms with van der Waals surface area (Å²) in [5.74, 6) is -1.57. The highest BCUT2D eigenvalue weighted by atomic mass is 32.2. The van der Waals surface area contributed by atoms with Gasteiger partial charge in [-0.05, 0) is 55.3 Å². The SMILES string of the molecule is O=C(COC(=O)c1cccc(S(=O)(=O)N2CCCC2)c1)Nc1ccc(OC(F)F)cc1. The second-order valence-corrected chi connectivity index (χ2v) is 8.60. The molecule has 1 saturated heterocycles. The molecule has 0 unspecified atom stereocenters. The molecule has 2 aromatic carbocycles. The number of carbonyl (C=O) groups excluding carboxylic acids is 2. The third kappa shape index (κ3) is 5.98. The molecule has 0 bridgehead atoms. The summed E-state index contributed by atoms with van der Waals surface area (Å²) in [6.07, 6.45) is 1.58. The van der Waals surface area contributed by atoms with Crippen molar-refractivity contribution in [2.45, 2.75) is 24.3 Å². The Morgan fingerprint density at radius 1 is 1.06 bits per heavy atom. The molecule has 11 heteroatoms. The zero-order valence-electron chi connectivity index (χ0n) is 16.3. The van der Waals surface area contributed by atoms with Crippen molar-refractivity contribution in [1.29, 1.82) is 0 Å². The van der Waals surface area contributed by atoms with Crippen LogP contribution in [0.3, 0.4) is 0 Å². The minimum atomic E-state index is -3.69. The minimum absolute atomic E-state index is 0.00146. The number of nitrogens with zero attached hydrogens (tertiary/aromatic N) is 1. The molecule has 0 spiro atoms. The van der Waals surface area contributed by atoms with E-state index >= 15 is 0 Å². The standard InChI is InChI=1S/C20H20F2N2O6S/c21-20(22)30-16-8-6-15(7-9-16)23-18(25)13-29-19(26)14-4-3-5-17(12-14)31(27,28)24-10-1-2-11-24/h3-9,12,20H,1-2,10-11,13H2,(H,23,25).